The van der Waals surface area contributed by atoms with Crippen LogP contribution in [-0.4, -0.2) is 21.4 Å². The summed E-state index contributed by atoms with van der Waals surface area (Å²) in [5, 5.41) is 14.3. The van der Waals surface area contributed by atoms with E-state index in [0.717, 1.165) is 11.3 Å². The number of aliphatic hydroxyl groups is 1. The van der Waals surface area contributed by atoms with Crippen LogP contribution < -0.4 is 0 Å². The maximum Gasteiger partial charge on any atom is 0.424 e. The van der Waals surface area contributed by atoms with Crippen molar-refractivity contribution in [3.8, 4) is 0 Å². The number of benzene rings is 2. The van der Waals surface area contributed by atoms with E-state index in [-0.39, 0.29) is 5.69 Å². The number of thiazole rings is 1. The molecule has 128 valence electrons. The van der Waals surface area contributed by atoms with Gasteiger partial charge in [0.2, 0.25) is 5.60 Å². The number of halogens is 3. The first kappa shape index (κ1) is 16.0. The van der Waals surface area contributed by atoms with Gasteiger partial charge in [-0.05, 0) is 24.3 Å². The minimum Gasteiger partial charge on any atom is -0.374 e. The van der Waals surface area contributed by atoms with E-state index in [4.69, 9.17) is 4.52 Å². The lowest BCUT2D eigenvalue weighted by Gasteiger charge is -2.27. The van der Waals surface area contributed by atoms with E-state index in [1.54, 1.807) is 48.5 Å². The maximum atomic E-state index is 13.8. The lowest BCUT2D eigenvalue weighted by Crippen LogP contribution is -2.44. The average Bonchev–Trinajstić information content (AvgIpc) is 3.18. The Morgan fingerprint density at radius 3 is 2.52 bits per heavy atom. The summed E-state index contributed by atoms with van der Waals surface area (Å²) in [7, 11) is 0. The van der Waals surface area contributed by atoms with Gasteiger partial charge in [-0.25, -0.2) is 4.98 Å². The minimum atomic E-state index is -4.92. The van der Waals surface area contributed by atoms with E-state index in [1.807, 2.05) is 0 Å². The largest absolute Gasteiger partial charge is 0.424 e. The molecule has 0 saturated heterocycles. The predicted molar refractivity (Wildman–Crippen MR) is 87.3 cm³/mol. The second kappa shape index (κ2) is 5.53. The van der Waals surface area contributed by atoms with Crippen molar-refractivity contribution in [2.24, 2.45) is 0 Å². The van der Waals surface area contributed by atoms with Gasteiger partial charge < -0.3 is 9.63 Å². The van der Waals surface area contributed by atoms with Gasteiger partial charge >= 0.3 is 6.18 Å². The monoisotopic (exact) mass is 364 g/mol. The average molecular weight is 364 g/mol. The fourth-order valence-corrected chi connectivity index (χ4v) is 3.73. The lowest BCUT2D eigenvalue weighted by molar-refractivity contribution is -0.266. The third-order valence-electron chi connectivity index (χ3n) is 3.99. The molecule has 1 unspecified atom stereocenters. The van der Waals surface area contributed by atoms with E-state index in [2.05, 4.69) is 10.1 Å². The molecule has 0 aliphatic heterocycles. The number of rotatable bonds is 3. The molecular formula is C17H11F3N2O2S. The second-order valence-electron chi connectivity index (χ2n) is 5.65. The van der Waals surface area contributed by atoms with Crippen LogP contribution in [0.2, 0.25) is 0 Å². The Bertz CT molecular complexity index is 1020. The summed E-state index contributed by atoms with van der Waals surface area (Å²) in [4.78, 5) is 4.00. The maximum absolute atomic E-state index is 13.8. The van der Waals surface area contributed by atoms with Crippen LogP contribution in [0.15, 0.2) is 53.1 Å². The molecule has 2 heterocycles. The summed E-state index contributed by atoms with van der Waals surface area (Å²) in [6.07, 6.45) is -5.69. The Morgan fingerprint density at radius 2 is 1.76 bits per heavy atom. The van der Waals surface area contributed by atoms with Gasteiger partial charge in [-0.1, -0.05) is 29.4 Å². The van der Waals surface area contributed by atoms with Crippen molar-refractivity contribution in [3.63, 3.8) is 0 Å². The SMILES string of the molecule is OC(Cc1noc2ccccc12)(c1nc2ccccc2s1)C(F)(F)F. The van der Waals surface area contributed by atoms with Crippen molar-refractivity contribution in [3.05, 3.63) is 59.2 Å². The van der Waals surface area contributed by atoms with Crippen LogP contribution in [-0.2, 0) is 12.0 Å². The summed E-state index contributed by atoms with van der Waals surface area (Å²) in [6, 6.07) is 13.3. The van der Waals surface area contributed by atoms with Gasteiger partial charge in [-0.15, -0.1) is 11.3 Å². The first-order chi connectivity index (χ1) is 11.9. The number of para-hydroxylation sites is 2. The zero-order valence-corrected chi connectivity index (χ0v) is 13.4. The Hall–Kier alpha value is -2.45. The van der Waals surface area contributed by atoms with Gasteiger partial charge in [-0.3, -0.25) is 0 Å². The van der Waals surface area contributed by atoms with Crippen LogP contribution in [0.1, 0.15) is 10.7 Å². The van der Waals surface area contributed by atoms with Crippen LogP contribution in [0, 0.1) is 0 Å². The normalized spacial score (nSPS) is 14.9. The Kier molecular flexibility index (Phi) is 3.55. The van der Waals surface area contributed by atoms with Crippen LogP contribution in [0.3, 0.4) is 0 Å². The van der Waals surface area contributed by atoms with Crippen LogP contribution in [0.25, 0.3) is 21.2 Å². The predicted octanol–water partition coefficient (Wildman–Crippen LogP) is 4.43. The number of nitrogens with zero attached hydrogens (tertiary/aromatic N) is 2. The quantitative estimate of drug-likeness (QED) is 0.584. The Balaban J connectivity index is 1.85. The number of fused-ring (bicyclic) bond motifs is 2. The van der Waals surface area contributed by atoms with Crippen molar-refractivity contribution in [1.82, 2.24) is 10.1 Å². The molecule has 0 saturated carbocycles. The molecule has 2 aromatic carbocycles. The first-order valence-corrected chi connectivity index (χ1v) is 8.18. The highest BCUT2D eigenvalue weighted by atomic mass is 32.1. The van der Waals surface area contributed by atoms with E-state index in [9.17, 15) is 18.3 Å². The molecule has 1 N–H and O–H groups in total. The number of aromatic nitrogens is 2. The van der Waals surface area contributed by atoms with Gasteiger partial charge in [0.15, 0.2) is 5.58 Å². The zero-order valence-electron chi connectivity index (χ0n) is 12.6. The van der Waals surface area contributed by atoms with Crippen LogP contribution in [0.4, 0.5) is 13.2 Å². The molecule has 25 heavy (non-hydrogen) atoms. The van der Waals surface area contributed by atoms with Gasteiger partial charge in [-0.2, -0.15) is 13.2 Å². The molecule has 4 nitrogen and oxygen atoms in total. The summed E-state index contributed by atoms with van der Waals surface area (Å²) in [5.41, 5.74) is -2.33. The van der Waals surface area contributed by atoms with Crippen molar-refractivity contribution in [1.29, 1.82) is 0 Å². The molecule has 4 aromatic rings. The smallest absolute Gasteiger partial charge is 0.374 e. The standard InChI is InChI=1S/C17H11F3N2O2S/c18-17(19,20)16(23,15-21-11-6-2-4-8-14(11)25-15)9-12-10-5-1-3-7-13(10)24-22-12/h1-8,23H,9H2. The third kappa shape index (κ3) is 2.58. The van der Waals surface area contributed by atoms with E-state index in [0.29, 0.717) is 21.2 Å². The number of hydrogen-bond donors (Lipinski definition) is 1. The first-order valence-electron chi connectivity index (χ1n) is 7.37. The highest BCUT2D eigenvalue weighted by Crippen LogP contribution is 2.44. The molecule has 0 amide bonds. The van der Waals surface area contributed by atoms with Crippen molar-refractivity contribution >= 4 is 32.5 Å². The van der Waals surface area contributed by atoms with Crippen LogP contribution in [0.5, 0.6) is 0 Å². The van der Waals surface area contributed by atoms with E-state index >= 15 is 0 Å². The summed E-state index contributed by atoms with van der Waals surface area (Å²) in [5.74, 6) is 0. The topological polar surface area (TPSA) is 59.2 Å². The summed E-state index contributed by atoms with van der Waals surface area (Å²) >= 11 is 0.819. The fraction of sp³-hybridized carbons (Fsp3) is 0.176. The molecule has 0 aliphatic rings. The van der Waals surface area contributed by atoms with Gasteiger partial charge in [0.25, 0.3) is 0 Å². The third-order valence-corrected chi connectivity index (χ3v) is 5.18. The Labute approximate surface area is 143 Å². The van der Waals surface area contributed by atoms with Gasteiger partial charge in [0.05, 0.1) is 15.9 Å². The molecule has 0 aliphatic carbocycles. The molecule has 0 fully saturated rings. The molecule has 0 spiro atoms. The number of alkyl halides is 3. The van der Waals surface area contributed by atoms with E-state index in [1.165, 1.54) is 0 Å². The molecule has 4 rings (SSSR count). The van der Waals surface area contributed by atoms with Gasteiger partial charge in [0.1, 0.15) is 5.01 Å². The summed E-state index contributed by atoms with van der Waals surface area (Å²) < 4.78 is 46.9. The Morgan fingerprint density at radius 1 is 1.04 bits per heavy atom. The fourth-order valence-electron chi connectivity index (χ4n) is 2.65. The molecule has 0 bridgehead atoms. The zero-order chi connectivity index (χ0) is 17.7. The molecule has 1 atom stereocenters. The van der Waals surface area contributed by atoms with Crippen molar-refractivity contribution in [2.75, 3.05) is 0 Å². The lowest BCUT2D eigenvalue weighted by atomic mass is 9.96. The van der Waals surface area contributed by atoms with Crippen molar-refractivity contribution < 1.29 is 22.8 Å². The second-order valence-corrected chi connectivity index (χ2v) is 6.68. The minimum absolute atomic E-state index is 0.0367. The summed E-state index contributed by atoms with van der Waals surface area (Å²) in [6.45, 7) is 0. The van der Waals surface area contributed by atoms with Crippen LogP contribution >= 0.6 is 11.3 Å². The molecule has 8 heteroatoms. The van der Waals surface area contributed by atoms with E-state index < -0.39 is 23.2 Å². The van der Waals surface area contributed by atoms with Crippen molar-refractivity contribution in [2.45, 2.75) is 18.2 Å². The molecule has 2 aromatic heterocycles. The number of hydrogen-bond acceptors (Lipinski definition) is 5. The highest BCUT2D eigenvalue weighted by molar-refractivity contribution is 7.18. The van der Waals surface area contributed by atoms with Gasteiger partial charge in [0, 0.05) is 11.8 Å². The molecular weight excluding hydrogens is 353 g/mol. The highest BCUT2D eigenvalue weighted by Gasteiger charge is 2.57. The molecule has 0 radical (unpaired) electrons.